The lowest BCUT2D eigenvalue weighted by atomic mass is 9.87. The summed E-state index contributed by atoms with van der Waals surface area (Å²) in [7, 11) is 0. The van der Waals surface area contributed by atoms with Crippen molar-refractivity contribution < 1.29 is 28.2 Å². The predicted molar refractivity (Wildman–Crippen MR) is 78.2 cm³/mol. The number of nitrogens with one attached hydrogen (secondary N) is 1. The summed E-state index contributed by atoms with van der Waals surface area (Å²) in [5.41, 5.74) is 1.48. The van der Waals surface area contributed by atoms with E-state index in [2.05, 4.69) is 5.32 Å². The topological polar surface area (TPSA) is 73.9 Å². The Bertz CT molecular complexity index is 635. The van der Waals surface area contributed by atoms with Crippen molar-refractivity contribution in [3.05, 3.63) is 29.6 Å². The standard InChI is InChI=1S/C16H18FNO5/c1-8(19)21-7-15-16(22-9(2)20)13-6-14(23-15)11-5-10(17)3-4-12(11)18-13/h3-5,13-16,18H,6-7H2,1-2H3/t13-,14-,15-,16+/m1/s1. The Hall–Kier alpha value is -2.15. The first kappa shape index (κ1) is 15.7. The van der Waals surface area contributed by atoms with Crippen molar-refractivity contribution in [2.45, 2.75) is 44.6 Å². The van der Waals surface area contributed by atoms with Gasteiger partial charge >= 0.3 is 11.9 Å². The van der Waals surface area contributed by atoms with Crippen LogP contribution in [0.3, 0.4) is 0 Å². The molecule has 0 aliphatic carbocycles. The van der Waals surface area contributed by atoms with Crippen LogP contribution in [0.4, 0.5) is 10.1 Å². The molecule has 6 nitrogen and oxygen atoms in total. The van der Waals surface area contributed by atoms with Gasteiger partial charge in [0.15, 0.2) is 6.10 Å². The highest BCUT2D eigenvalue weighted by molar-refractivity contribution is 5.67. The first-order valence-electron chi connectivity index (χ1n) is 7.46. The predicted octanol–water partition coefficient (Wildman–Crippen LogP) is 1.94. The number of benzene rings is 1. The second kappa shape index (κ2) is 6.16. The molecule has 0 saturated carbocycles. The Morgan fingerprint density at radius 1 is 1.35 bits per heavy atom. The molecule has 3 rings (SSSR count). The van der Waals surface area contributed by atoms with Gasteiger partial charge in [0.05, 0.1) is 12.1 Å². The number of hydrogen-bond acceptors (Lipinski definition) is 6. The minimum atomic E-state index is -0.601. The van der Waals surface area contributed by atoms with E-state index in [1.807, 2.05) is 0 Å². The normalized spacial score (nSPS) is 28.3. The second-order valence-corrected chi connectivity index (χ2v) is 5.76. The third kappa shape index (κ3) is 3.29. The number of halogens is 1. The molecule has 0 amide bonds. The van der Waals surface area contributed by atoms with Crippen LogP contribution in [-0.4, -0.2) is 36.8 Å². The van der Waals surface area contributed by atoms with Crippen molar-refractivity contribution in [3.63, 3.8) is 0 Å². The molecule has 0 radical (unpaired) electrons. The van der Waals surface area contributed by atoms with Crippen LogP contribution in [0.25, 0.3) is 0 Å². The van der Waals surface area contributed by atoms with Crippen LogP contribution in [0, 0.1) is 5.82 Å². The van der Waals surface area contributed by atoms with Crippen LogP contribution in [0.15, 0.2) is 18.2 Å². The van der Waals surface area contributed by atoms with Gasteiger partial charge in [-0.3, -0.25) is 9.59 Å². The molecule has 1 aromatic rings. The Kier molecular flexibility index (Phi) is 4.21. The summed E-state index contributed by atoms with van der Waals surface area (Å²) in [5, 5.41) is 3.26. The summed E-state index contributed by atoms with van der Waals surface area (Å²) in [6, 6.07) is 4.25. The van der Waals surface area contributed by atoms with Gasteiger partial charge in [0, 0.05) is 31.5 Å². The van der Waals surface area contributed by atoms with Gasteiger partial charge in [-0.05, 0) is 18.2 Å². The second-order valence-electron chi connectivity index (χ2n) is 5.76. The molecule has 23 heavy (non-hydrogen) atoms. The molecule has 4 atom stereocenters. The van der Waals surface area contributed by atoms with Crippen molar-refractivity contribution in [3.8, 4) is 0 Å². The summed E-state index contributed by atoms with van der Waals surface area (Å²) in [6.45, 7) is 2.60. The molecule has 1 N–H and O–H groups in total. The molecule has 7 heteroatoms. The molecule has 0 aromatic heterocycles. The van der Waals surface area contributed by atoms with Crippen molar-refractivity contribution in [2.24, 2.45) is 0 Å². The zero-order chi connectivity index (χ0) is 16.6. The quantitative estimate of drug-likeness (QED) is 0.857. The fourth-order valence-corrected chi connectivity index (χ4v) is 3.12. The average molecular weight is 323 g/mol. The zero-order valence-electron chi connectivity index (χ0n) is 12.9. The minimum Gasteiger partial charge on any atom is -0.463 e. The number of ether oxygens (including phenoxy) is 3. The number of esters is 2. The SMILES string of the molecule is CC(=O)OC[C@H]1O[C@@H]2C[C@@H](Nc3ccc(F)cc32)[C@@H]1OC(C)=O. The summed E-state index contributed by atoms with van der Waals surface area (Å²) < 4.78 is 29.8. The van der Waals surface area contributed by atoms with Crippen LogP contribution in [0.1, 0.15) is 31.9 Å². The van der Waals surface area contributed by atoms with Crippen LogP contribution < -0.4 is 5.32 Å². The smallest absolute Gasteiger partial charge is 0.303 e. The van der Waals surface area contributed by atoms with Gasteiger partial charge in [-0.25, -0.2) is 4.39 Å². The van der Waals surface area contributed by atoms with E-state index in [-0.39, 0.29) is 24.6 Å². The third-order valence-corrected chi connectivity index (χ3v) is 4.02. The minimum absolute atomic E-state index is 0.0212. The van der Waals surface area contributed by atoms with Gasteiger partial charge in [0.2, 0.25) is 0 Å². The van der Waals surface area contributed by atoms with Crippen LogP contribution in [0.5, 0.6) is 0 Å². The van der Waals surface area contributed by atoms with E-state index in [0.29, 0.717) is 6.42 Å². The van der Waals surface area contributed by atoms with Gasteiger partial charge in [-0.2, -0.15) is 0 Å². The fraction of sp³-hybridized carbons (Fsp3) is 0.500. The summed E-state index contributed by atoms with van der Waals surface area (Å²) in [4.78, 5) is 22.4. The van der Waals surface area contributed by atoms with Crippen LogP contribution in [-0.2, 0) is 23.8 Å². The van der Waals surface area contributed by atoms with Crippen molar-refractivity contribution in [1.82, 2.24) is 0 Å². The van der Waals surface area contributed by atoms with E-state index < -0.39 is 24.1 Å². The van der Waals surface area contributed by atoms with Gasteiger partial charge in [-0.1, -0.05) is 0 Å². The lowest BCUT2D eigenvalue weighted by Gasteiger charge is -2.45. The van der Waals surface area contributed by atoms with E-state index in [9.17, 15) is 14.0 Å². The zero-order valence-corrected chi connectivity index (χ0v) is 12.9. The lowest BCUT2D eigenvalue weighted by molar-refractivity contribution is -0.185. The summed E-state index contributed by atoms with van der Waals surface area (Å²) >= 11 is 0. The molecule has 1 aromatic carbocycles. The molecule has 2 bridgehead atoms. The highest BCUT2D eigenvalue weighted by atomic mass is 19.1. The number of fused-ring (bicyclic) bond motifs is 4. The lowest BCUT2D eigenvalue weighted by Crippen LogP contribution is -2.54. The van der Waals surface area contributed by atoms with Crippen molar-refractivity contribution in [1.29, 1.82) is 0 Å². The fourth-order valence-electron chi connectivity index (χ4n) is 3.12. The number of carbonyl (C=O) groups excluding carboxylic acids is 2. The van der Waals surface area contributed by atoms with Crippen LogP contribution >= 0.6 is 0 Å². The van der Waals surface area contributed by atoms with Gasteiger partial charge in [0.1, 0.15) is 18.5 Å². The van der Waals surface area contributed by atoms with E-state index in [0.717, 1.165) is 11.3 Å². The maximum Gasteiger partial charge on any atom is 0.303 e. The first-order chi connectivity index (χ1) is 10.9. The maximum absolute atomic E-state index is 13.5. The molecule has 2 aliphatic heterocycles. The monoisotopic (exact) mass is 323 g/mol. The molecular weight excluding hydrogens is 305 g/mol. The Morgan fingerprint density at radius 3 is 2.83 bits per heavy atom. The highest BCUT2D eigenvalue weighted by Crippen LogP contribution is 2.42. The van der Waals surface area contributed by atoms with Gasteiger partial charge in [-0.15, -0.1) is 0 Å². The number of carbonyl (C=O) groups is 2. The molecule has 0 spiro atoms. The van der Waals surface area contributed by atoms with Crippen molar-refractivity contribution in [2.75, 3.05) is 11.9 Å². The number of hydrogen-bond donors (Lipinski definition) is 1. The molecule has 124 valence electrons. The number of anilines is 1. The Labute approximate surface area is 132 Å². The molecule has 2 heterocycles. The molecule has 1 fully saturated rings. The maximum atomic E-state index is 13.5. The van der Waals surface area contributed by atoms with Crippen molar-refractivity contribution >= 4 is 17.6 Å². The van der Waals surface area contributed by atoms with Gasteiger partial charge in [0.25, 0.3) is 0 Å². The first-order valence-corrected chi connectivity index (χ1v) is 7.46. The summed E-state index contributed by atoms with van der Waals surface area (Å²) in [5.74, 6) is -1.21. The molecule has 2 aliphatic rings. The van der Waals surface area contributed by atoms with Crippen LogP contribution in [0.2, 0.25) is 0 Å². The molecule has 0 unspecified atom stereocenters. The largest absolute Gasteiger partial charge is 0.463 e. The Balaban J connectivity index is 1.87. The van der Waals surface area contributed by atoms with E-state index >= 15 is 0 Å². The average Bonchev–Trinajstić information content (AvgIpc) is 2.48. The van der Waals surface area contributed by atoms with Gasteiger partial charge < -0.3 is 19.5 Å². The Morgan fingerprint density at radius 2 is 2.13 bits per heavy atom. The van der Waals surface area contributed by atoms with E-state index in [4.69, 9.17) is 14.2 Å². The highest BCUT2D eigenvalue weighted by Gasteiger charge is 2.45. The molecule has 1 saturated heterocycles. The van der Waals surface area contributed by atoms with E-state index in [1.54, 1.807) is 6.07 Å². The van der Waals surface area contributed by atoms with E-state index in [1.165, 1.54) is 26.0 Å². The molecular formula is C16H18FNO5. The number of rotatable bonds is 3. The third-order valence-electron chi connectivity index (χ3n) is 4.02. The summed E-state index contributed by atoms with van der Waals surface area (Å²) in [6.07, 6.45) is -0.971.